The molecule has 0 saturated carbocycles. The average Bonchev–Trinajstić information content (AvgIpc) is 3.80. The second kappa shape index (κ2) is 13.0. The van der Waals surface area contributed by atoms with Gasteiger partial charge in [0.15, 0.2) is 11.6 Å². The molecule has 5 heteroatoms. The molecule has 0 aliphatic heterocycles. The van der Waals surface area contributed by atoms with E-state index in [0.717, 1.165) is 44.2 Å². The summed E-state index contributed by atoms with van der Waals surface area (Å²) in [7, 11) is 0. The van der Waals surface area contributed by atoms with Crippen LogP contribution in [0.1, 0.15) is 0 Å². The third-order valence-corrected chi connectivity index (χ3v) is 10.8. The van der Waals surface area contributed by atoms with Crippen LogP contribution in [-0.4, -0.2) is 24.1 Å². The predicted molar refractivity (Wildman–Crippen MR) is 230 cm³/mol. The van der Waals surface area contributed by atoms with Crippen LogP contribution in [0.15, 0.2) is 200 Å². The zero-order valence-electron chi connectivity index (χ0n) is 30.3. The highest BCUT2D eigenvalue weighted by Crippen LogP contribution is 2.41. The van der Waals surface area contributed by atoms with Crippen LogP contribution in [-0.2, 0) is 0 Å². The summed E-state index contributed by atoms with van der Waals surface area (Å²) in [5, 5.41) is 4.73. The first kappa shape index (κ1) is 31.9. The molecule has 0 spiro atoms. The number of rotatable bonds is 6. The summed E-state index contributed by atoms with van der Waals surface area (Å²) in [5.41, 5.74) is 12.2. The van der Waals surface area contributed by atoms with Crippen LogP contribution in [0.4, 0.5) is 0 Å². The summed E-state index contributed by atoms with van der Waals surface area (Å²) in [5.74, 6) is 1.85. The smallest absolute Gasteiger partial charge is 0.238 e. The Morgan fingerprint density at radius 3 is 1.54 bits per heavy atom. The standard InChI is InChI=1S/C51H33N5/c1-4-16-34(17-5-1)37-22-14-23-39(32-37)55-45-28-13-11-25-42(45)48-40(26-15-29-47(48)55)38-30-31-46-43(33-38)41-24-10-12-27-44(41)56(46)51-53-49(35-18-6-2-7-19-35)52-50(54-51)36-20-8-3-9-21-36/h1-33H. The number of nitrogens with zero attached hydrogens (tertiary/aromatic N) is 5. The lowest BCUT2D eigenvalue weighted by molar-refractivity contribution is 0.953. The fourth-order valence-electron chi connectivity index (χ4n) is 8.25. The van der Waals surface area contributed by atoms with E-state index in [-0.39, 0.29) is 0 Å². The molecule has 0 unspecified atom stereocenters. The highest BCUT2D eigenvalue weighted by molar-refractivity contribution is 6.17. The van der Waals surface area contributed by atoms with Gasteiger partial charge in [0.1, 0.15) is 0 Å². The van der Waals surface area contributed by atoms with E-state index in [9.17, 15) is 0 Å². The molecule has 0 aliphatic rings. The lowest BCUT2D eigenvalue weighted by atomic mass is 9.98. The molecule has 8 aromatic carbocycles. The molecule has 3 heterocycles. The summed E-state index contributed by atoms with van der Waals surface area (Å²) >= 11 is 0. The van der Waals surface area contributed by atoms with Gasteiger partial charge in [0.05, 0.1) is 22.1 Å². The first-order chi connectivity index (χ1) is 27.8. The van der Waals surface area contributed by atoms with Crippen LogP contribution >= 0.6 is 0 Å². The zero-order valence-corrected chi connectivity index (χ0v) is 30.3. The molecule has 0 bridgehead atoms. The van der Waals surface area contributed by atoms with Crippen molar-refractivity contribution in [3.8, 4) is 56.7 Å². The van der Waals surface area contributed by atoms with E-state index in [2.05, 4.69) is 149 Å². The molecule has 0 N–H and O–H groups in total. The van der Waals surface area contributed by atoms with Gasteiger partial charge in [-0.2, -0.15) is 9.97 Å². The van der Waals surface area contributed by atoms with Gasteiger partial charge in [-0.05, 0) is 64.7 Å². The van der Waals surface area contributed by atoms with Gasteiger partial charge in [0.2, 0.25) is 5.95 Å². The average molecular weight is 716 g/mol. The monoisotopic (exact) mass is 715 g/mol. The summed E-state index contributed by atoms with van der Waals surface area (Å²) in [6.45, 7) is 0. The van der Waals surface area contributed by atoms with Gasteiger partial charge in [0, 0.05) is 38.4 Å². The lowest BCUT2D eigenvalue weighted by Gasteiger charge is -2.12. The molecule has 3 aromatic heterocycles. The van der Waals surface area contributed by atoms with Gasteiger partial charge in [-0.15, -0.1) is 0 Å². The van der Waals surface area contributed by atoms with Gasteiger partial charge in [0.25, 0.3) is 0 Å². The quantitative estimate of drug-likeness (QED) is 0.172. The van der Waals surface area contributed by atoms with Crippen molar-refractivity contribution < 1.29 is 0 Å². The fourth-order valence-corrected chi connectivity index (χ4v) is 8.25. The van der Waals surface area contributed by atoms with Crippen molar-refractivity contribution in [3.63, 3.8) is 0 Å². The van der Waals surface area contributed by atoms with Crippen molar-refractivity contribution in [1.29, 1.82) is 0 Å². The predicted octanol–water partition coefficient (Wildman–Crippen LogP) is 12.7. The molecule has 11 aromatic rings. The lowest BCUT2D eigenvalue weighted by Crippen LogP contribution is -2.06. The maximum Gasteiger partial charge on any atom is 0.238 e. The molecule has 262 valence electrons. The van der Waals surface area contributed by atoms with E-state index in [0.29, 0.717) is 17.6 Å². The molecule has 11 rings (SSSR count). The number of hydrogen-bond donors (Lipinski definition) is 0. The van der Waals surface area contributed by atoms with Gasteiger partial charge >= 0.3 is 0 Å². The maximum absolute atomic E-state index is 5.12. The highest BCUT2D eigenvalue weighted by Gasteiger charge is 2.20. The van der Waals surface area contributed by atoms with Crippen molar-refractivity contribution in [2.24, 2.45) is 0 Å². The molecular weight excluding hydrogens is 683 g/mol. The normalized spacial score (nSPS) is 11.6. The minimum Gasteiger partial charge on any atom is -0.309 e. The van der Waals surface area contributed by atoms with Gasteiger partial charge < -0.3 is 4.57 Å². The number of fused-ring (bicyclic) bond motifs is 6. The van der Waals surface area contributed by atoms with E-state index < -0.39 is 0 Å². The molecule has 0 amide bonds. The number of para-hydroxylation sites is 2. The van der Waals surface area contributed by atoms with Gasteiger partial charge in [-0.1, -0.05) is 158 Å². The Bertz CT molecular complexity index is 3180. The maximum atomic E-state index is 5.12. The third kappa shape index (κ3) is 5.21. The first-order valence-corrected chi connectivity index (χ1v) is 18.9. The molecule has 0 radical (unpaired) electrons. The van der Waals surface area contributed by atoms with Gasteiger partial charge in [-0.3, -0.25) is 4.57 Å². The Balaban J connectivity index is 1.12. The van der Waals surface area contributed by atoms with Crippen molar-refractivity contribution in [1.82, 2.24) is 24.1 Å². The Labute approximate surface area is 323 Å². The second-order valence-corrected chi connectivity index (χ2v) is 14.1. The first-order valence-electron chi connectivity index (χ1n) is 18.9. The Kier molecular flexibility index (Phi) is 7.42. The summed E-state index contributed by atoms with van der Waals surface area (Å²) in [4.78, 5) is 15.2. The summed E-state index contributed by atoms with van der Waals surface area (Å²) in [6.07, 6.45) is 0. The molecule has 0 fully saturated rings. The SMILES string of the molecule is c1ccc(-c2cccc(-n3c4ccccc4c4c(-c5ccc6c(c5)c5ccccc5n6-c5nc(-c6ccccc6)nc(-c6ccccc6)n5)cccc43)c2)cc1. The van der Waals surface area contributed by atoms with Crippen LogP contribution in [0.5, 0.6) is 0 Å². The fraction of sp³-hybridized carbons (Fsp3) is 0. The van der Waals surface area contributed by atoms with Crippen molar-refractivity contribution in [2.45, 2.75) is 0 Å². The van der Waals surface area contributed by atoms with Crippen molar-refractivity contribution >= 4 is 43.6 Å². The Morgan fingerprint density at radius 1 is 0.304 bits per heavy atom. The van der Waals surface area contributed by atoms with E-state index in [4.69, 9.17) is 15.0 Å². The highest BCUT2D eigenvalue weighted by atomic mass is 15.2. The van der Waals surface area contributed by atoms with Crippen LogP contribution < -0.4 is 0 Å². The minimum atomic E-state index is 0.583. The summed E-state index contributed by atoms with van der Waals surface area (Å²) in [6, 6.07) is 70.5. The Morgan fingerprint density at radius 2 is 0.839 bits per heavy atom. The van der Waals surface area contributed by atoms with Crippen LogP contribution in [0.2, 0.25) is 0 Å². The molecule has 5 nitrogen and oxygen atoms in total. The van der Waals surface area contributed by atoms with Crippen molar-refractivity contribution in [3.05, 3.63) is 200 Å². The zero-order chi connectivity index (χ0) is 37.0. The summed E-state index contributed by atoms with van der Waals surface area (Å²) < 4.78 is 4.58. The van der Waals surface area contributed by atoms with E-state index in [1.165, 1.54) is 38.5 Å². The van der Waals surface area contributed by atoms with E-state index in [1.54, 1.807) is 0 Å². The number of aromatic nitrogens is 5. The molecule has 0 atom stereocenters. The molecular formula is C51H33N5. The number of hydrogen-bond acceptors (Lipinski definition) is 3. The minimum absolute atomic E-state index is 0.583. The Hall–Kier alpha value is -7.63. The largest absolute Gasteiger partial charge is 0.309 e. The van der Waals surface area contributed by atoms with Gasteiger partial charge in [-0.25, -0.2) is 4.98 Å². The number of benzene rings is 8. The molecule has 0 saturated heterocycles. The molecule has 0 aliphatic carbocycles. The molecule has 56 heavy (non-hydrogen) atoms. The second-order valence-electron chi connectivity index (χ2n) is 14.1. The third-order valence-electron chi connectivity index (χ3n) is 10.8. The van der Waals surface area contributed by atoms with Crippen LogP contribution in [0, 0.1) is 0 Å². The van der Waals surface area contributed by atoms with Crippen molar-refractivity contribution in [2.75, 3.05) is 0 Å². The topological polar surface area (TPSA) is 48.5 Å². The van der Waals surface area contributed by atoms with Crippen LogP contribution in [0.3, 0.4) is 0 Å². The van der Waals surface area contributed by atoms with E-state index >= 15 is 0 Å². The van der Waals surface area contributed by atoms with E-state index in [1.807, 2.05) is 60.7 Å². The van der Waals surface area contributed by atoms with Crippen LogP contribution in [0.25, 0.3) is 100 Å².